The van der Waals surface area contributed by atoms with Crippen LogP contribution in [0.25, 0.3) is 32.9 Å². The Bertz CT molecular complexity index is 1720. The molecular formula is C28H33N5O8S. The molecule has 4 aromatic rings. The second kappa shape index (κ2) is 12.2. The summed E-state index contributed by atoms with van der Waals surface area (Å²) in [5.41, 5.74) is 7.41. The number of hydrogen-bond acceptors (Lipinski definition) is 12. The van der Waals surface area contributed by atoms with Gasteiger partial charge in [-0.3, -0.25) is 14.2 Å². The van der Waals surface area contributed by atoms with Gasteiger partial charge in [0.25, 0.3) is 10.1 Å². The quantitative estimate of drug-likeness (QED) is 0.200. The van der Waals surface area contributed by atoms with Crippen molar-refractivity contribution < 1.29 is 36.3 Å². The van der Waals surface area contributed by atoms with Gasteiger partial charge >= 0.3 is 6.09 Å². The van der Waals surface area contributed by atoms with Crippen molar-refractivity contribution in [3.05, 3.63) is 42.9 Å². The summed E-state index contributed by atoms with van der Waals surface area (Å²) in [5.74, 6) is 1.71. The summed E-state index contributed by atoms with van der Waals surface area (Å²) in [4.78, 5) is 25.6. The summed E-state index contributed by atoms with van der Waals surface area (Å²) in [7, 11) is -0.647. The third-order valence-corrected chi connectivity index (χ3v) is 6.44. The number of alkyl carbamates (subject to hydrolysis) is 1. The van der Waals surface area contributed by atoms with Crippen LogP contribution in [0.15, 0.2) is 42.9 Å². The molecule has 1 atom stereocenters. The van der Waals surface area contributed by atoms with E-state index in [1.54, 1.807) is 59.5 Å². The van der Waals surface area contributed by atoms with E-state index in [-0.39, 0.29) is 19.0 Å². The number of fused-ring (bicyclic) bond motifs is 3. The van der Waals surface area contributed by atoms with Gasteiger partial charge in [0.15, 0.2) is 11.5 Å². The highest BCUT2D eigenvalue weighted by molar-refractivity contribution is 7.85. The lowest BCUT2D eigenvalue weighted by molar-refractivity contribution is 0.0466. The van der Waals surface area contributed by atoms with Crippen molar-refractivity contribution in [1.82, 2.24) is 20.3 Å². The maximum Gasteiger partial charge on any atom is 0.408 e. The monoisotopic (exact) mass is 599 g/mol. The number of anilines is 1. The summed E-state index contributed by atoms with van der Waals surface area (Å²) in [6.07, 6.45) is 4.92. The molecular weight excluding hydrogens is 566 g/mol. The zero-order valence-corrected chi connectivity index (χ0v) is 24.9. The highest BCUT2D eigenvalue weighted by Crippen LogP contribution is 2.37. The lowest BCUT2D eigenvalue weighted by atomic mass is 10.0. The number of nitrogens with zero attached hydrogens (tertiary/aromatic N) is 3. The van der Waals surface area contributed by atoms with Gasteiger partial charge in [0.2, 0.25) is 0 Å². The standard InChI is InChI=1S/C28H33N5O8S/c1-28(2,3)41-27(34)32-17(15-40-42(6,35)36)14-39-18-7-16(11-30-12-18)22-8-19-20-9-24(37-4)25(38-5)10-23(20)31-13-21(19)26(29)33-22/h7-13,17H,14-15H2,1-6H3,(H2,29,33)(H,32,34)/t17-/m1/s1. The van der Waals surface area contributed by atoms with E-state index in [0.29, 0.717) is 39.4 Å². The normalized spacial score (nSPS) is 12.6. The molecule has 0 radical (unpaired) electrons. The van der Waals surface area contributed by atoms with Gasteiger partial charge in [-0.1, -0.05) is 0 Å². The third-order valence-electron chi connectivity index (χ3n) is 5.88. The fourth-order valence-corrected chi connectivity index (χ4v) is 4.46. The van der Waals surface area contributed by atoms with Gasteiger partial charge in [0.05, 0.1) is 50.5 Å². The van der Waals surface area contributed by atoms with E-state index in [4.69, 9.17) is 28.9 Å². The molecule has 1 amide bonds. The predicted molar refractivity (Wildman–Crippen MR) is 157 cm³/mol. The number of carbonyl (C=O) groups excluding carboxylic acids is 1. The highest BCUT2D eigenvalue weighted by atomic mass is 32.2. The third kappa shape index (κ3) is 7.64. The first-order valence-corrected chi connectivity index (χ1v) is 14.6. The van der Waals surface area contributed by atoms with E-state index in [1.807, 2.05) is 12.1 Å². The first kappa shape index (κ1) is 30.5. The Morgan fingerprint density at radius 3 is 2.36 bits per heavy atom. The molecule has 0 bridgehead atoms. The number of carbonyl (C=O) groups is 1. The summed E-state index contributed by atoms with van der Waals surface area (Å²) in [6, 6.07) is 6.35. The van der Waals surface area contributed by atoms with Crippen LogP contribution in [0.4, 0.5) is 10.6 Å². The Morgan fingerprint density at radius 2 is 1.69 bits per heavy atom. The number of nitrogen functional groups attached to an aromatic ring is 1. The van der Waals surface area contributed by atoms with Crippen LogP contribution < -0.4 is 25.3 Å². The van der Waals surface area contributed by atoms with Gasteiger partial charge in [-0.15, -0.1) is 0 Å². The van der Waals surface area contributed by atoms with Gasteiger partial charge in [0.1, 0.15) is 23.8 Å². The summed E-state index contributed by atoms with van der Waals surface area (Å²) < 4.78 is 50.0. The van der Waals surface area contributed by atoms with Gasteiger partial charge in [0, 0.05) is 34.8 Å². The zero-order chi connectivity index (χ0) is 30.7. The first-order chi connectivity index (χ1) is 19.8. The summed E-state index contributed by atoms with van der Waals surface area (Å²) >= 11 is 0. The van der Waals surface area contributed by atoms with Crippen LogP contribution in [0.3, 0.4) is 0 Å². The van der Waals surface area contributed by atoms with Gasteiger partial charge in [-0.05, 0) is 44.4 Å². The van der Waals surface area contributed by atoms with Crippen molar-refractivity contribution in [2.75, 3.05) is 39.4 Å². The molecule has 13 nitrogen and oxygen atoms in total. The number of amides is 1. The van der Waals surface area contributed by atoms with E-state index in [2.05, 4.69) is 20.3 Å². The fourth-order valence-electron chi connectivity index (χ4n) is 4.05. The number of benzene rings is 1. The molecule has 4 rings (SSSR count). The molecule has 0 unspecified atom stereocenters. The molecule has 0 saturated carbocycles. The second-order valence-electron chi connectivity index (χ2n) is 10.4. The van der Waals surface area contributed by atoms with E-state index in [9.17, 15) is 13.2 Å². The van der Waals surface area contributed by atoms with E-state index < -0.39 is 27.9 Å². The molecule has 3 heterocycles. The maximum absolute atomic E-state index is 12.3. The van der Waals surface area contributed by atoms with Crippen LogP contribution in [0, 0.1) is 0 Å². The molecule has 0 spiro atoms. The predicted octanol–water partition coefficient (Wildman–Crippen LogP) is 3.69. The summed E-state index contributed by atoms with van der Waals surface area (Å²) in [5, 5.41) is 4.84. The van der Waals surface area contributed by atoms with Crippen molar-refractivity contribution in [3.8, 4) is 28.5 Å². The van der Waals surface area contributed by atoms with Crippen LogP contribution in [-0.2, 0) is 19.0 Å². The lowest BCUT2D eigenvalue weighted by Gasteiger charge is -2.23. The first-order valence-electron chi connectivity index (χ1n) is 12.8. The van der Waals surface area contributed by atoms with Crippen LogP contribution in [0.2, 0.25) is 0 Å². The number of ether oxygens (including phenoxy) is 4. The molecule has 0 aliphatic heterocycles. The highest BCUT2D eigenvalue weighted by Gasteiger charge is 2.22. The fraction of sp³-hybridized carbons (Fsp3) is 0.357. The minimum atomic E-state index is -3.76. The minimum absolute atomic E-state index is 0.134. The molecule has 1 aromatic carbocycles. The molecule has 3 aromatic heterocycles. The number of nitrogens with one attached hydrogen (secondary N) is 1. The Hall–Kier alpha value is -4.43. The SMILES string of the molecule is COc1cc2ncc3c(N)nc(-c4cncc(OC[C@H](COS(C)(=O)=O)NC(=O)OC(C)(C)C)c4)cc3c2cc1OC. The smallest absolute Gasteiger partial charge is 0.408 e. The number of aromatic nitrogens is 3. The van der Waals surface area contributed by atoms with Crippen molar-refractivity contribution in [2.24, 2.45) is 0 Å². The zero-order valence-electron chi connectivity index (χ0n) is 24.1. The molecule has 224 valence electrons. The number of pyridine rings is 3. The van der Waals surface area contributed by atoms with Gasteiger partial charge in [-0.2, -0.15) is 8.42 Å². The van der Waals surface area contributed by atoms with E-state index >= 15 is 0 Å². The van der Waals surface area contributed by atoms with Crippen LogP contribution in [0.5, 0.6) is 17.2 Å². The Morgan fingerprint density at radius 1 is 0.976 bits per heavy atom. The molecule has 14 heteroatoms. The number of hydrogen-bond donors (Lipinski definition) is 2. The van der Waals surface area contributed by atoms with Gasteiger partial charge < -0.3 is 30.0 Å². The molecule has 42 heavy (non-hydrogen) atoms. The minimum Gasteiger partial charge on any atom is -0.493 e. The number of nitrogens with two attached hydrogens (primary N) is 1. The topological polar surface area (TPSA) is 174 Å². The van der Waals surface area contributed by atoms with Crippen LogP contribution in [0.1, 0.15) is 20.8 Å². The Balaban J connectivity index is 1.62. The Labute approximate surface area is 243 Å². The largest absolute Gasteiger partial charge is 0.493 e. The van der Waals surface area contributed by atoms with Crippen LogP contribution >= 0.6 is 0 Å². The van der Waals surface area contributed by atoms with Crippen molar-refractivity contribution in [3.63, 3.8) is 0 Å². The molecule has 0 fully saturated rings. The maximum atomic E-state index is 12.3. The van der Waals surface area contributed by atoms with Crippen molar-refractivity contribution in [2.45, 2.75) is 32.4 Å². The molecule has 0 aliphatic rings. The lowest BCUT2D eigenvalue weighted by Crippen LogP contribution is -2.45. The van der Waals surface area contributed by atoms with E-state index in [1.165, 1.54) is 6.20 Å². The molecule has 3 N–H and O–H groups in total. The number of methoxy groups -OCH3 is 2. The average molecular weight is 600 g/mol. The Kier molecular flexibility index (Phi) is 8.87. The van der Waals surface area contributed by atoms with Crippen LogP contribution in [-0.4, -0.2) is 74.8 Å². The summed E-state index contributed by atoms with van der Waals surface area (Å²) in [6.45, 7) is 4.64. The second-order valence-corrected chi connectivity index (χ2v) is 12.0. The molecule has 0 aliphatic carbocycles. The van der Waals surface area contributed by atoms with E-state index in [0.717, 1.165) is 17.0 Å². The molecule has 0 saturated heterocycles. The van der Waals surface area contributed by atoms with Gasteiger partial charge in [-0.25, -0.2) is 9.78 Å². The van der Waals surface area contributed by atoms with Crippen molar-refractivity contribution in [1.29, 1.82) is 0 Å². The average Bonchev–Trinajstić information content (AvgIpc) is 2.92. The van der Waals surface area contributed by atoms with Crippen molar-refractivity contribution >= 4 is 43.7 Å². The number of rotatable bonds is 10.